The van der Waals surface area contributed by atoms with Gasteiger partial charge in [-0.05, 0) is 42.7 Å². The molecule has 1 aromatic heterocycles. The molecule has 22 heavy (non-hydrogen) atoms. The largest absolute Gasteiger partial charge is 0.351 e. The number of hydrogen-bond donors (Lipinski definition) is 3. The lowest BCUT2D eigenvalue weighted by Crippen LogP contribution is -2.53. The van der Waals surface area contributed by atoms with E-state index in [1.807, 2.05) is 25.3 Å². The summed E-state index contributed by atoms with van der Waals surface area (Å²) in [7, 11) is 0. The normalized spacial score (nSPS) is 22.5. The molecule has 0 aromatic carbocycles. The topological polar surface area (TPSA) is 84.2 Å². The smallest absolute Gasteiger partial charge is 0.262 e. The van der Waals surface area contributed by atoms with Crippen LogP contribution in [0.1, 0.15) is 42.8 Å². The molecule has 1 aromatic rings. The molecule has 0 spiro atoms. The number of nitrogens with one attached hydrogen (secondary N) is 2. The van der Waals surface area contributed by atoms with Crippen molar-refractivity contribution in [3.8, 4) is 0 Å². The number of hydrogen-bond acceptors (Lipinski definition) is 4. The SMILES string of the molecule is CC(C)C(NC(=O)c1cccs1)C(=O)NC1CCCC1CN. The minimum atomic E-state index is -0.520. The molecule has 0 radical (unpaired) electrons. The lowest BCUT2D eigenvalue weighted by atomic mass is 10.00. The maximum absolute atomic E-state index is 12.5. The van der Waals surface area contributed by atoms with E-state index in [9.17, 15) is 9.59 Å². The second-order valence-corrected chi connectivity index (χ2v) is 7.16. The molecular formula is C16H25N3O2S. The van der Waals surface area contributed by atoms with Crippen molar-refractivity contribution in [2.24, 2.45) is 17.6 Å². The molecule has 4 N–H and O–H groups in total. The Kier molecular flexibility index (Phi) is 5.97. The van der Waals surface area contributed by atoms with Gasteiger partial charge < -0.3 is 16.4 Å². The summed E-state index contributed by atoms with van der Waals surface area (Å²) < 4.78 is 0. The second kappa shape index (κ2) is 7.74. The first-order valence-corrected chi connectivity index (χ1v) is 8.75. The van der Waals surface area contributed by atoms with E-state index in [2.05, 4.69) is 10.6 Å². The van der Waals surface area contributed by atoms with Crippen LogP contribution in [0.4, 0.5) is 0 Å². The van der Waals surface area contributed by atoms with E-state index >= 15 is 0 Å². The third kappa shape index (κ3) is 4.08. The van der Waals surface area contributed by atoms with E-state index in [4.69, 9.17) is 5.73 Å². The van der Waals surface area contributed by atoms with Gasteiger partial charge in [-0.25, -0.2) is 0 Å². The van der Waals surface area contributed by atoms with Crippen LogP contribution in [0.5, 0.6) is 0 Å². The Morgan fingerprint density at radius 2 is 2.18 bits per heavy atom. The summed E-state index contributed by atoms with van der Waals surface area (Å²) in [5.41, 5.74) is 5.76. The summed E-state index contributed by atoms with van der Waals surface area (Å²) in [4.78, 5) is 25.4. The molecule has 2 rings (SSSR count). The third-order valence-corrected chi connectivity index (χ3v) is 5.14. The first kappa shape index (κ1) is 17.0. The average molecular weight is 323 g/mol. The number of carbonyl (C=O) groups excluding carboxylic acids is 2. The first-order chi connectivity index (χ1) is 10.5. The average Bonchev–Trinajstić information content (AvgIpc) is 3.14. The van der Waals surface area contributed by atoms with Gasteiger partial charge in [0.1, 0.15) is 6.04 Å². The van der Waals surface area contributed by atoms with Crippen molar-refractivity contribution in [3.05, 3.63) is 22.4 Å². The van der Waals surface area contributed by atoms with Crippen LogP contribution >= 0.6 is 11.3 Å². The first-order valence-electron chi connectivity index (χ1n) is 7.87. The lowest BCUT2D eigenvalue weighted by Gasteiger charge is -2.26. The van der Waals surface area contributed by atoms with Crippen LogP contribution in [0.25, 0.3) is 0 Å². The fourth-order valence-electron chi connectivity index (χ4n) is 2.94. The Bertz CT molecular complexity index is 501. The Morgan fingerprint density at radius 3 is 2.77 bits per heavy atom. The quantitative estimate of drug-likeness (QED) is 0.745. The van der Waals surface area contributed by atoms with Crippen molar-refractivity contribution in [1.82, 2.24) is 10.6 Å². The Labute approximate surface area is 135 Å². The van der Waals surface area contributed by atoms with E-state index in [0.29, 0.717) is 17.3 Å². The maximum atomic E-state index is 12.5. The van der Waals surface area contributed by atoms with Crippen molar-refractivity contribution in [2.45, 2.75) is 45.2 Å². The third-order valence-electron chi connectivity index (χ3n) is 4.27. The molecule has 1 saturated carbocycles. The molecule has 5 nitrogen and oxygen atoms in total. The van der Waals surface area contributed by atoms with Gasteiger partial charge in [-0.15, -0.1) is 11.3 Å². The molecule has 0 saturated heterocycles. The summed E-state index contributed by atoms with van der Waals surface area (Å²) in [6, 6.07) is 3.21. The van der Waals surface area contributed by atoms with E-state index in [1.165, 1.54) is 11.3 Å². The van der Waals surface area contributed by atoms with Crippen molar-refractivity contribution < 1.29 is 9.59 Å². The van der Waals surface area contributed by atoms with Crippen LogP contribution in [0.2, 0.25) is 0 Å². The van der Waals surface area contributed by atoms with Crippen molar-refractivity contribution >= 4 is 23.2 Å². The highest BCUT2D eigenvalue weighted by Gasteiger charge is 2.31. The molecule has 1 aliphatic rings. The van der Waals surface area contributed by atoms with Gasteiger partial charge in [-0.1, -0.05) is 26.3 Å². The molecular weight excluding hydrogens is 298 g/mol. The van der Waals surface area contributed by atoms with Crippen LogP contribution in [0.15, 0.2) is 17.5 Å². The molecule has 3 atom stereocenters. The molecule has 1 heterocycles. The molecule has 1 aliphatic carbocycles. The Morgan fingerprint density at radius 1 is 1.41 bits per heavy atom. The summed E-state index contributed by atoms with van der Waals surface area (Å²) in [5, 5.41) is 7.79. The molecule has 6 heteroatoms. The van der Waals surface area contributed by atoms with Gasteiger partial charge >= 0.3 is 0 Å². The number of rotatable bonds is 6. The van der Waals surface area contributed by atoms with Crippen molar-refractivity contribution in [2.75, 3.05) is 6.54 Å². The fourth-order valence-corrected chi connectivity index (χ4v) is 3.56. The van der Waals surface area contributed by atoms with Crippen LogP contribution < -0.4 is 16.4 Å². The summed E-state index contributed by atoms with van der Waals surface area (Å²) in [6.07, 6.45) is 3.13. The monoisotopic (exact) mass is 323 g/mol. The number of nitrogens with two attached hydrogens (primary N) is 1. The highest BCUT2D eigenvalue weighted by atomic mass is 32.1. The van der Waals surface area contributed by atoms with Gasteiger partial charge in [0.15, 0.2) is 0 Å². The summed E-state index contributed by atoms with van der Waals surface area (Å²) in [6.45, 7) is 4.47. The highest BCUT2D eigenvalue weighted by molar-refractivity contribution is 7.12. The van der Waals surface area contributed by atoms with Gasteiger partial charge in [-0.2, -0.15) is 0 Å². The van der Waals surface area contributed by atoms with Crippen LogP contribution in [0.3, 0.4) is 0 Å². The summed E-state index contributed by atoms with van der Waals surface area (Å²) in [5.74, 6) is 0.0855. The minimum absolute atomic E-state index is 0.0293. The standard InChI is InChI=1S/C16H25N3O2S/c1-10(2)14(19-15(20)13-7-4-8-22-13)16(21)18-12-6-3-5-11(12)9-17/h4,7-8,10-12,14H,3,5-6,9,17H2,1-2H3,(H,18,21)(H,19,20). The van der Waals surface area contributed by atoms with E-state index < -0.39 is 6.04 Å². The van der Waals surface area contributed by atoms with Gasteiger partial charge in [0, 0.05) is 6.04 Å². The van der Waals surface area contributed by atoms with Gasteiger partial charge in [0.2, 0.25) is 5.91 Å². The predicted octanol–water partition coefficient (Wildman–Crippen LogP) is 1.75. The molecule has 0 aliphatic heterocycles. The fraction of sp³-hybridized carbons (Fsp3) is 0.625. The van der Waals surface area contributed by atoms with Gasteiger partial charge in [0.05, 0.1) is 4.88 Å². The van der Waals surface area contributed by atoms with E-state index in [0.717, 1.165) is 19.3 Å². The second-order valence-electron chi connectivity index (χ2n) is 6.21. The number of carbonyl (C=O) groups is 2. The zero-order valence-corrected chi connectivity index (χ0v) is 14.0. The number of amides is 2. The molecule has 3 unspecified atom stereocenters. The van der Waals surface area contributed by atoms with Crippen molar-refractivity contribution in [1.29, 1.82) is 0 Å². The van der Waals surface area contributed by atoms with Crippen LogP contribution in [-0.2, 0) is 4.79 Å². The lowest BCUT2D eigenvalue weighted by molar-refractivity contribution is -0.124. The van der Waals surface area contributed by atoms with Crippen LogP contribution in [0, 0.1) is 11.8 Å². The van der Waals surface area contributed by atoms with Gasteiger partial charge in [-0.3, -0.25) is 9.59 Å². The van der Waals surface area contributed by atoms with Crippen LogP contribution in [-0.4, -0.2) is 30.4 Å². The Balaban J connectivity index is 1.98. The molecule has 0 bridgehead atoms. The predicted molar refractivity (Wildman–Crippen MR) is 88.7 cm³/mol. The van der Waals surface area contributed by atoms with Gasteiger partial charge in [0.25, 0.3) is 5.91 Å². The molecule has 2 amide bonds. The highest BCUT2D eigenvalue weighted by Crippen LogP contribution is 2.24. The summed E-state index contributed by atoms with van der Waals surface area (Å²) >= 11 is 1.37. The van der Waals surface area contributed by atoms with Crippen molar-refractivity contribution in [3.63, 3.8) is 0 Å². The zero-order valence-electron chi connectivity index (χ0n) is 13.2. The number of thiophene rings is 1. The zero-order chi connectivity index (χ0) is 16.1. The molecule has 122 valence electrons. The Hall–Kier alpha value is -1.40. The minimum Gasteiger partial charge on any atom is -0.351 e. The maximum Gasteiger partial charge on any atom is 0.262 e. The molecule has 1 fully saturated rings. The van der Waals surface area contributed by atoms with E-state index in [-0.39, 0.29) is 23.8 Å². The van der Waals surface area contributed by atoms with E-state index in [1.54, 1.807) is 6.07 Å².